The standard InChI is InChI=1S/C15H12F6NO3PS/c16-14(17,18)10-24-26(23,25-12-4-2-1-3-5-12)22-11-6-8-13(9-7-11)27-15(19,20)21/h1-9H,10H2,(H,22,23)/t26-/m0/s1. The van der Waals surface area contributed by atoms with Crippen LogP contribution in [0.2, 0.25) is 0 Å². The largest absolute Gasteiger partial charge is 0.486 e. The number of anilines is 1. The summed E-state index contributed by atoms with van der Waals surface area (Å²) in [5, 5.41) is 2.19. The van der Waals surface area contributed by atoms with Crippen LogP contribution in [0.15, 0.2) is 59.5 Å². The van der Waals surface area contributed by atoms with E-state index in [-0.39, 0.29) is 28.1 Å². The lowest BCUT2D eigenvalue weighted by Gasteiger charge is -2.21. The summed E-state index contributed by atoms with van der Waals surface area (Å²) in [6.45, 7) is -1.84. The van der Waals surface area contributed by atoms with Crippen LogP contribution in [0.4, 0.5) is 32.0 Å². The molecule has 0 aliphatic rings. The molecule has 0 aliphatic heterocycles. The molecule has 2 aromatic carbocycles. The first-order chi connectivity index (χ1) is 12.4. The topological polar surface area (TPSA) is 47.6 Å². The highest BCUT2D eigenvalue weighted by molar-refractivity contribution is 8.00. The zero-order valence-electron chi connectivity index (χ0n) is 13.3. The Hall–Kier alpha value is -1.84. The van der Waals surface area contributed by atoms with Gasteiger partial charge < -0.3 is 4.52 Å². The van der Waals surface area contributed by atoms with Crippen LogP contribution in [-0.4, -0.2) is 18.3 Å². The van der Waals surface area contributed by atoms with Crippen molar-refractivity contribution < 1.29 is 40.0 Å². The number of para-hydroxylation sites is 1. The van der Waals surface area contributed by atoms with Crippen molar-refractivity contribution in [2.24, 2.45) is 0 Å². The third kappa shape index (κ3) is 8.15. The molecule has 4 nitrogen and oxygen atoms in total. The second kappa shape index (κ2) is 8.45. The van der Waals surface area contributed by atoms with E-state index in [2.05, 4.69) is 9.61 Å². The van der Waals surface area contributed by atoms with Gasteiger partial charge in [0, 0.05) is 10.6 Å². The van der Waals surface area contributed by atoms with Gasteiger partial charge in [0.15, 0.2) is 6.61 Å². The fraction of sp³-hybridized carbons (Fsp3) is 0.200. The Morgan fingerprint density at radius 2 is 1.52 bits per heavy atom. The van der Waals surface area contributed by atoms with E-state index in [0.717, 1.165) is 24.3 Å². The number of benzene rings is 2. The van der Waals surface area contributed by atoms with Crippen molar-refractivity contribution in [1.29, 1.82) is 0 Å². The fourth-order valence-electron chi connectivity index (χ4n) is 1.75. The smallest absolute Gasteiger partial charge is 0.409 e. The highest BCUT2D eigenvalue weighted by Gasteiger charge is 2.36. The lowest BCUT2D eigenvalue weighted by Crippen LogP contribution is -2.19. The van der Waals surface area contributed by atoms with Crippen LogP contribution in [0.1, 0.15) is 0 Å². The van der Waals surface area contributed by atoms with E-state index in [1.807, 2.05) is 0 Å². The van der Waals surface area contributed by atoms with E-state index in [4.69, 9.17) is 4.52 Å². The summed E-state index contributed by atoms with van der Waals surface area (Å²) in [5.74, 6) is -0.0141. The van der Waals surface area contributed by atoms with Gasteiger partial charge in [0.05, 0.1) is 0 Å². The van der Waals surface area contributed by atoms with Crippen molar-refractivity contribution in [1.82, 2.24) is 0 Å². The summed E-state index contributed by atoms with van der Waals surface area (Å²) in [4.78, 5) is -0.150. The van der Waals surface area contributed by atoms with E-state index in [0.29, 0.717) is 0 Å². The van der Waals surface area contributed by atoms with Gasteiger partial charge in [-0.1, -0.05) is 18.2 Å². The van der Waals surface area contributed by atoms with Crippen LogP contribution in [0.5, 0.6) is 5.75 Å². The molecule has 0 aliphatic carbocycles. The maximum Gasteiger partial charge on any atom is 0.486 e. The minimum Gasteiger partial charge on any atom is -0.409 e. The molecule has 0 saturated carbocycles. The van der Waals surface area contributed by atoms with Crippen LogP contribution < -0.4 is 9.61 Å². The molecule has 2 rings (SSSR count). The molecule has 0 aromatic heterocycles. The number of rotatable bonds is 7. The average molecular weight is 431 g/mol. The van der Waals surface area contributed by atoms with Gasteiger partial charge in [-0.25, -0.2) is 4.57 Å². The van der Waals surface area contributed by atoms with Gasteiger partial charge in [0.2, 0.25) is 0 Å². The molecule has 0 amide bonds. The summed E-state index contributed by atoms with van der Waals surface area (Å²) >= 11 is -0.364. The van der Waals surface area contributed by atoms with Crippen molar-refractivity contribution in [2.75, 3.05) is 11.7 Å². The summed E-state index contributed by atoms with van der Waals surface area (Å²) in [7, 11) is -4.51. The van der Waals surface area contributed by atoms with Crippen molar-refractivity contribution in [3.05, 3.63) is 54.6 Å². The lowest BCUT2D eigenvalue weighted by atomic mass is 10.3. The van der Waals surface area contributed by atoms with Gasteiger partial charge >= 0.3 is 19.4 Å². The zero-order chi connectivity index (χ0) is 20.1. The van der Waals surface area contributed by atoms with Crippen molar-refractivity contribution in [3.8, 4) is 5.75 Å². The minimum absolute atomic E-state index is 0.0141. The van der Waals surface area contributed by atoms with Gasteiger partial charge in [-0.15, -0.1) is 0 Å². The highest BCUT2D eigenvalue weighted by Crippen LogP contribution is 2.49. The molecule has 0 unspecified atom stereocenters. The van der Waals surface area contributed by atoms with Crippen LogP contribution in [0.25, 0.3) is 0 Å². The molecule has 0 spiro atoms. The Kier molecular flexibility index (Phi) is 6.72. The van der Waals surface area contributed by atoms with Crippen molar-refractivity contribution >= 4 is 25.2 Å². The average Bonchev–Trinajstić information content (AvgIpc) is 2.54. The molecule has 12 heteroatoms. The summed E-state index contributed by atoms with van der Waals surface area (Å²) in [6, 6.07) is 11.7. The lowest BCUT2D eigenvalue weighted by molar-refractivity contribution is -0.154. The number of halogens is 6. The highest BCUT2D eigenvalue weighted by atomic mass is 32.2. The Morgan fingerprint density at radius 1 is 0.926 bits per heavy atom. The number of thioether (sulfide) groups is 1. The molecule has 27 heavy (non-hydrogen) atoms. The number of hydrogen-bond donors (Lipinski definition) is 1. The van der Waals surface area contributed by atoms with E-state index in [1.165, 1.54) is 24.3 Å². The van der Waals surface area contributed by atoms with E-state index in [1.54, 1.807) is 6.07 Å². The summed E-state index contributed by atoms with van der Waals surface area (Å²) in [6.07, 6.45) is -4.76. The third-order valence-corrected chi connectivity index (χ3v) is 4.91. The molecule has 1 atom stereocenters. The monoisotopic (exact) mass is 431 g/mol. The molecular formula is C15H12F6NO3PS. The molecule has 0 heterocycles. The van der Waals surface area contributed by atoms with Crippen LogP contribution >= 0.6 is 19.5 Å². The third-order valence-electron chi connectivity index (χ3n) is 2.72. The Balaban J connectivity index is 2.16. The van der Waals surface area contributed by atoms with Crippen LogP contribution in [0.3, 0.4) is 0 Å². The molecular weight excluding hydrogens is 419 g/mol. The van der Waals surface area contributed by atoms with Gasteiger partial charge in [-0.3, -0.25) is 9.61 Å². The zero-order valence-corrected chi connectivity index (χ0v) is 15.0. The van der Waals surface area contributed by atoms with Gasteiger partial charge in [0.1, 0.15) is 5.75 Å². The second-order valence-corrected chi connectivity index (χ2v) is 7.77. The maximum atomic E-state index is 12.7. The predicted octanol–water partition coefficient (Wildman–Crippen LogP) is 6.48. The van der Waals surface area contributed by atoms with Gasteiger partial charge in [-0.2, -0.15) is 26.3 Å². The minimum atomic E-state index is -4.76. The Bertz CT molecular complexity index is 783. The maximum absolute atomic E-state index is 12.7. The molecule has 0 radical (unpaired) electrons. The number of alkyl halides is 6. The quantitative estimate of drug-likeness (QED) is 0.309. The molecule has 0 fully saturated rings. The Morgan fingerprint density at radius 3 is 2.04 bits per heavy atom. The molecule has 0 bridgehead atoms. The molecule has 2 aromatic rings. The normalized spacial score (nSPS) is 14.4. The first-order valence-electron chi connectivity index (χ1n) is 7.14. The van der Waals surface area contributed by atoms with E-state index >= 15 is 0 Å². The number of hydrogen-bond acceptors (Lipinski definition) is 4. The molecule has 148 valence electrons. The predicted molar refractivity (Wildman–Crippen MR) is 88.7 cm³/mol. The van der Waals surface area contributed by atoms with Crippen molar-refractivity contribution in [2.45, 2.75) is 16.6 Å². The van der Waals surface area contributed by atoms with Gasteiger partial charge in [-0.05, 0) is 48.2 Å². The fourth-order valence-corrected chi connectivity index (χ4v) is 3.63. The van der Waals surface area contributed by atoms with Crippen LogP contribution in [0, 0.1) is 0 Å². The molecule has 0 saturated heterocycles. The summed E-state index contributed by atoms with van der Waals surface area (Å²) < 4.78 is 96.4. The SMILES string of the molecule is O=[P@@](Nc1ccc(SC(F)(F)F)cc1)(OCC(F)(F)F)Oc1ccccc1. The first-order valence-corrected chi connectivity index (χ1v) is 9.50. The van der Waals surface area contributed by atoms with E-state index in [9.17, 15) is 30.9 Å². The van der Waals surface area contributed by atoms with Crippen molar-refractivity contribution in [3.63, 3.8) is 0 Å². The van der Waals surface area contributed by atoms with Gasteiger partial charge in [0.25, 0.3) is 0 Å². The Labute approximate surface area is 154 Å². The summed E-state index contributed by atoms with van der Waals surface area (Å²) in [5.41, 5.74) is -4.53. The van der Waals surface area contributed by atoms with Crippen LogP contribution in [-0.2, 0) is 9.09 Å². The molecule has 1 N–H and O–H groups in total. The van der Waals surface area contributed by atoms with E-state index < -0.39 is 26.0 Å². The number of nitrogens with one attached hydrogen (secondary N) is 1. The first kappa shape index (κ1) is 21.5. The second-order valence-electron chi connectivity index (χ2n) is 4.97.